The average molecular weight is 467 g/mol. The highest BCUT2D eigenvalue weighted by Crippen LogP contribution is 2.28. The average Bonchev–Trinajstić information content (AvgIpc) is 2.69. The van der Waals surface area contributed by atoms with Crippen molar-refractivity contribution in [1.29, 1.82) is 0 Å². The van der Waals surface area contributed by atoms with Crippen LogP contribution in [0.15, 0.2) is 24.3 Å². The van der Waals surface area contributed by atoms with Gasteiger partial charge in [-0.15, -0.1) is 0 Å². The van der Waals surface area contributed by atoms with Crippen molar-refractivity contribution in [2.24, 2.45) is 0 Å². The first-order valence-electron chi connectivity index (χ1n) is 9.88. The van der Waals surface area contributed by atoms with E-state index in [1.165, 1.54) is 25.1 Å². The molecule has 12 nitrogen and oxygen atoms in total. The van der Waals surface area contributed by atoms with Crippen LogP contribution in [0.2, 0.25) is 0 Å². The Balaban J connectivity index is 2.43. The van der Waals surface area contributed by atoms with E-state index < -0.39 is 67.0 Å². The summed E-state index contributed by atoms with van der Waals surface area (Å²) in [4.78, 5) is 59.3. The normalized spacial score (nSPS) is 24.2. The molecule has 180 valence electrons. The van der Waals surface area contributed by atoms with E-state index >= 15 is 0 Å². The van der Waals surface area contributed by atoms with Gasteiger partial charge in [0.15, 0.2) is 12.2 Å². The van der Waals surface area contributed by atoms with Gasteiger partial charge < -0.3 is 34.1 Å². The summed E-state index contributed by atoms with van der Waals surface area (Å²) in [6, 6.07) is 4.01. The molecule has 1 aromatic carbocycles. The van der Waals surface area contributed by atoms with Crippen molar-refractivity contribution >= 4 is 29.8 Å². The summed E-state index contributed by atoms with van der Waals surface area (Å²) in [6.45, 7) is 4.09. The van der Waals surface area contributed by atoms with Gasteiger partial charge in [-0.05, 0) is 18.2 Å². The van der Waals surface area contributed by atoms with Gasteiger partial charge in [0.25, 0.3) is 0 Å². The maximum Gasteiger partial charge on any atom is 0.340 e. The fourth-order valence-electron chi connectivity index (χ4n) is 3.20. The van der Waals surface area contributed by atoms with Crippen molar-refractivity contribution in [1.82, 2.24) is 5.32 Å². The van der Waals surface area contributed by atoms with Gasteiger partial charge in [-0.3, -0.25) is 19.2 Å². The number of carbonyl (C=O) groups excluding carboxylic acids is 5. The van der Waals surface area contributed by atoms with Crippen LogP contribution in [0.5, 0.6) is 5.75 Å². The van der Waals surface area contributed by atoms with Crippen LogP contribution in [0.1, 0.15) is 38.1 Å². The van der Waals surface area contributed by atoms with Gasteiger partial charge in [0.2, 0.25) is 12.2 Å². The van der Waals surface area contributed by atoms with Crippen LogP contribution in [-0.4, -0.2) is 72.1 Å². The molecule has 1 heterocycles. The van der Waals surface area contributed by atoms with Crippen LogP contribution in [-0.2, 0) is 42.9 Å². The van der Waals surface area contributed by atoms with E-state index in [4.69, 9.17) is 23.7 Å². The quantitative estimate of drug-likeness (QED) is 0.416. The van der Waals surface area contributed by atoms with Crippen LogP contribution in [0.4, 0.5) is 0 Å². The third-order valence-corrected chi connectivity index (χ3v) is 4.38. The van der Waals surface area contributed by atoms with E-state index in [9.17, 15) is 29.1 Å². The number of benzene rings is 1. The summed E-state index contributed by atoms with van der Waals surface area (Å²) < 4.78 is 26.6. The first-order valence-corrected chi connectivity index (χ1v) is 9.88. The third kappa shape index (κ3) is 7.45. The molecule has 0 radical (unpaired) electrons. The molecule has 0 aromatic heterocycles. The summed E-state index contributed by atoms with van der Waals surface area (Å²) in [6.07, 6.45) is -5.42. The van der Waals surface area contributed by atoms with E-state index in [1.807, 2.05) is 0 Å². The van der Waals surface area contributed by atoms with Crippen molar-refractivity contribution in [2.75, 3.05) is 6.61 Å². The number of hydrogen-bond acceptors (Lipinski definition) is 11. The van der Waals surface area contributed by atoms with Gasteiger partial charge in [-0.1, -0.05) is 6.07 Å². The molecule has 0 aliphatic carbocycles. The lowest BCUT2D eigenvalue weighted by atomic mass is 9.96. The van der Waals surface area contributed by atoms with Crippen LogP contribution < -0.4 is 5.32 Å². The lowest BCUT2D eigenvalue weighted by Gasteiger charge is -2.44. The van der Waals surface area contributed by atoms with E-state index in [-0.39, 0.29) is 11.3 Å². The molecule has 1 saturated heterocycles. The van der Waals surface area contributed by atoms with Crippen LogP contribution in [0.3, 0.4) is 0 Å². The van der Waals surface area contributed by atoms with Crippen LogP contribution in [0, 0.1) is 0 Å². The van der Waals surface area contributed by atoms with Crippen molar-refractivity contribution in [3.05, 3.63) is 29.8 Å². The number of nitrogens with one attached hydrogen (secondary N) is 1. The Kier molecular flexibility index (Phi) is 8.74. The Morgan fingerprint density at radius 2 is 1.58 bits per heavy atom. The maximum absolute atomic E-state index is 12.7. The highest BCUT2D eigenvalue weighted by Gasteiger charge is 2.52. The summed E-state index contributed by atoms with van der Waals surface area (Å²) in [7, 11) is 0. The molecule has 2 N–H and O–H groups in total. The Hall–Kier alpha value is -3.67. The first kappa shape index (κ1) is 25.6. The largest absolute Gasteiger partial charge is 0.508 e. The molecule has 1 aliphatic rings. The zero-order valence-corrected chi connectivity index (χ0v) is 18.4. The molecule has 1 aromatic rings. The molecule has 1 amide bonds. The predicted molar refractivity (Wildman–Crippen MR) is 108 cm³/mol. The highest BCUT2D eigenvalue weighted by atomic mass is 16.7. The number of ether oxygens (including phenoxy) is 5. The lowest BCUT2D eigenvalue weighted by molar-refractivity contribution is -0.263. The number of rotatable bonds is 7. The second-order valence-electron chi connectivity index (χ2n) is 7.18. The van der Waals surface area contributed by atoms with Crippen molar-refractivity contribution < 1.29 is 52.8 Å². The summed E-state index contributed by atoms with van der Waals surface area (Å²) in [5, 5.41) is 12.1. The molecule has 12 heteroatoms. The lowest BCUT2D eigenvalue weighted by Crippen LogP contribution is -2.66. The van der Waals surface area contributed by atoms with Gasteiger partial charge in [-0.2, -0.15) is 0 Å². The molecular formula is C21H25NO11. The van der Waals surface area contributed by atoms with E-state index in [0.29, 0.717) is 0 Å². The van der Waals surface area contributed by atoms with Gasteiger partial charge in [-0.25, -0.2) is 4.79 Å². The minimum Gasteiger partial charge on any atom is -0.508 e. The number of aromatic hydroxyl groups is 1. The van der Waals surface area contributed by atoms with Crippen LogP contribution >= 0.6 is 0 Å². The third-order valence-electron chi connectivity index (χ3n) is 4.38. The molecule has 2 rings (SSSR count). The zero-order chi connectivity index (χ0) is 24.7. The Bertz CT molecular complexity index is 915. The number of phenolic OH excluding ortho intramolecular Hbond substituents is 1. The monoisotopic (exact) mass is 467 g/mol. The number of phenols is 1. The second-order valence-corrected chi connectivity index (χ2v) is 7.18. The molecule has 1 aliphatic heterocycles. The van der Waals surface area contributed by atoms with Crippen molar-refractivity contribution in [3.8, 4) is 5.75 Å². The summed E-state index contributed by atoms with van der Waals surface area (Å²) in [5.41, 5.74) is -0.0251. The predicted octanol–water partition coefficient (Wildman–Crippen LogP) is 0.205. The minimum atomic E-state index is -1.54. The standard InChI is InChI=1S/C21H25NO11/c1-10(23)22-17-19(31-13(4)26)18(30-12(3)25)16(9-29-11(2)24)32-21(17)33-20(28)14-6-5-7-15(27)8-14/h5-8,16-19,21,27H,9H2,1-4H3,(H,22,23)/t16-,17+,18+,19-,21+/m0/s1. The Labute approximate surface area is 189 Å². The van der Waals surface area contributed by atoms with Gasteiger partial charge >= 0.3 is 23.9 Å². The maximum atomic E-state index is 12.7. The molecule has 33 heavy (non-hydrogen) atoms. The number of amides is 1. The van der Waals surface area contributed by atoms with Crippen molar-refractivity contribution in [3.63, 3.8) is 0 Å². The molecule has 5 atom stereocenters. The van der Waals surface area contributed by atoms with Gasteiger partial charge in [0, 0.05) is 27.7 Å². The SMILES string of the molecule is CC(=O)N[C@H]1[C@@H](OC(=O)c2cccc(O)c2)O[C@@H](COC(C)=O)[C@@H](OC(C)=O)[C@H]1OC(C)=O. The first-order chi connectivity index (χ1) is 15.5. The van der Waals surface area contributed by atoms with Gasteiger partial charge in [0.05, 0.1) is 5.56 Å². The summed E-state index contributed by atoms with van der Waals surface area (Å²) >= 11 is 0. The summed E-state index contributed by atoms with van der Waals surface area (Å²) in [5.74, 6) is -3.90. The smallest absolute Gasteiger partial charge is 0.340 e. The molecule has 0 unspecified atom stereocenters. The van der Waals surface area contributed by atoms with Crippen molar-refractivity contribution in [2.45, 2.75) is 58.3 Å². The van der Waals surface area contributed by atoms with E-state index in [2.05, 4.69) is 5.32 Å². The van der Waals surface area contributed by atoms with E-state index in [0.717, 1.165) is 26.8 Å². The molecular weight excluding hydrogens is 442 g/mol. The van der Waals surface area contributed by atoms with Crippen LogP contribution in [0.25, 0.3) is 0 Å². The fraction of sp³-hybridized carbons (Fsp3) is 0.476. The molecule has 0 bridgehead atoms. The van der Waals surface area contributed by atoms with E-state index in [1.54, 1.807) is 0 Å². The topological polar surface area (TPSA) is 164 Å². The second kappa shape index (κ2) is 11.3. The zero-order valence-electron chi connectivity index (χ0n) is 18.4. The molecule has 0 spiro atoms. The molecule has 1 fully saturated rings. The molecule has 0 saturated carbocycles. The Morgan fingerprint density at radius 1 is 0.939 bits per heavy atom. The number of carbonyl (C=O) groups is 5. The number of esters is 4. The Morgan fingerprint density at radius 3 is 2.12 bits per heavy atom. The van der Waals surface area contributed by atoms with Gasteiger partial charge in [0.1, 0.15) is 24.5 Å². The highest BCUT2D eigenvalue weighted by molar-refractivity contribution is 5.90. The fourth-order valence-corrected chi connectivity index (χ4v) is 3.20. The minimum absolute atomic E-state index is 0.0251. The number of hydrogen-bond donors (Lipinski definition) is 2.